The minimum Gasteiger partial charge on any atom is -0.399 e. The molecule has 0 atom stereocenters. The van der Waals surface area contributed by atoms with Gasteiger partial charge < -0.3 is 10.3 Å². The number of aromatic nitrogens is 1. The third-order valence-electron chi connectivity index (χ3n) is 3.99. The van der Waals surface area contributed by atoms with Gasteiger partial charge in [0, 0.05) is 25.3 Å². The number of hydrogen-bond acceptors (Lipinski definition) is 6. The largest absolute Gasteiger partial charge is 0.399 e. The summed E-state index contributed by atoms with van der Waals surface area (Å²) in [5.74, 6) is 0. The number of hydrazone groups is 1. The second-order valence-electron chi connectivity index (χ2n) is 5.77. The molecule has 25 heavy (non-hydrogen) atoms. The molecule has 5 nitrogen and oxygen atoms in total. The van der Waals surface area contributed by atoms with E-state index in [2.05, 4.69) is 17.4 Å². The van der Waals surface area contributed by atoms with Crippen LogP contribution in [0.2, 0.25) is 0 Å². The number of benzene rings is 1. The third kappa shape index (κ3) is 3.57. The first-order chi connectivity index (χ1) is 12.0. The first-order valence-corrected chi connectivity index (χ1v) is 9.78. The molecule has 130 valence electrons. The zero-order valence-electron chi connectivity index (χ0n) is 14.4. The number of anilines is 1. The number of aryl methyl sites for hydroxylation is 1. The van der Waals surface area contributed by atoms with E-state index in [-0.39, 0.29) is 0 Å². The molecule has 0 saturated heterocycles. The first kappa shape index (κ1) is 17.6. The highest BCUT2D eigenvalue weighted by Crippen LogP contribution is 2.35. The molecule has 0 aliphatic carbocycles. The molecule has 2 aromatic heterocycles. The van der Waals surface area contributed by atoms with Crippen LogP contribution in [0.15, 0.2) is 39.6 Å². The molecule has 0 radical (unpaired) electrons. The SMILES string of the molecule is CSc1cc2c(s1)c(/C=N\N(C)Cc1cccc(N)c1)c(C=O)n2C. The van der Waals surface area contributed by atoms with Crippen LogP contribution in [0.4, 0.5) is 5.69 Å². The van der Waals surface area contributed by atoms with Crippen molar-refractivity contribution in [2.24, 2.45) is 12.1 Å². The zero-order chi connectivity index (χ0) is 18.0. The Hall–Kier alpha value is -2.25. The number of nitrogens with two attached hydrogens (primary N) is 1. The summed E-state index contributed by atoms with van der Waals surface area (Å²) in [5, 5.41) is 6.36. The van der Waals surface area contributed by atoms with Gasteiger partial charge in [0.05, 0.1) is 32.9 Å². The van der Waals surface area contributed by atoms with Crippen molar-refractivity contribution < 1.29 is 4.79 Å². The van der Waals surface area contributed by atoms with Crippen LogP contribution in [0.1, 0.15) is 21.6 Å². The smallest absolute Gasteiger partial charge is 0.167 e. The maximum atomic E-state index is 11.5. The molecular formula is C18H20N4OS2. The van der Waals surface area contributed by atoms with Crippen molar-refractivity contribution in [1.82, 2.24) is 9.58 Å². The minimum absolute atomic E-state index is 0.647. The minimum atomic E-state index is 0.647. The maximum absolute atomic E-state index is 11.5. The molecular weight excluding hydrogens is 352 g/mol. The van der Waals surface area contributed by atoms with Gasteiger partial charge in [-0.15, -0.1) is 23.1 Å². The molecule has 0 spiro atoms. The predicted molar refractivity (Wildman–Crippen MR) is 108 cm³/mol. The van der Waals surface area contributed by atoms with Crippen LogP contribution in [-0.2, 0) is 13.6 Å². The molecule has 2 N–H and O–H groups in total. The molecule has 1 aromatic carbocycles. The molecule has 0 unspecified atom stereocenters. The summed E-state index contributed by atoms with van der Waals surface area (Å²) in [4.78, 5) is 11.5. The number of carbonyl (C=O) groups is 1. The van der Waals surface area contributed by atoms with Crippen molar-refractivity contribution in [2.45, 2.75) is 10.8 Å². The fraction of sp³-hybridized carbons (Fsp3) is 0.222. The van der Waals surface area contributed by atoms with Crippen LogP contribution in [-0.4, -0.2) is 35.4 Å². The Labute approximate surface area is 155 Å². The molecule has 0 aliphatic heterocycles. The lowest BCUT2D eigenvalue weighted by atomic mass is 10.2. The van der Waals surface area contributed by atoms with Gasteiger partial charge >= 0.3 is 0 Å². The average Bonchev–Trinajstić information content (AvgIpc) is 3.11. The highest BCUT2D eigenvalue weighted by molar-refractivity contribution is 8.00. The Bertz CT molecular complexity index is 942. The Balaban J connectivity index is 1.89. The summed E-state index contributed by atoms with van der Waals surface area (Å²) in [6.07, 6.45) is 4.72. The van der Waals surface area contributed by atoms with Crippen molar-refractivity contribution in [3.8, 4) is 0 Å². The number of aldehydes is 1. The van der Waals surface area contributed by atoms with E-state index in [9.17, 15) is 4.79 Å². The van der Waals surface area contributed by atoms with E-state index in [1.165, 1.54) is 4.21 Å². The Morgan fingerprint density at radius 2 is 2.20 bits per heavy atom. The highest BCUT2D eigenvalue weighted by Gasteiger charge is 2.16. The van der Waals surface area contributed by atoms with Crippen LogP contribution >= 0.6 is 23.1 Å². The zero-order valence-corrected chi connectivity index (χ0v) is 16.0. The van der Waals surface area contributed by atoms with Crippen molar-refractivity contribution in [1.29, 1.82) is 0 Å². The summed E-state index contributed by atoms with van der Waals surface area (Å²) in [7, 11) is 3.82. The lowest BCUT2D eigenvalue weighted by Crippen LogP contribution is -2.11. The molecule has 3 aromatic rings. The summed E-state index contributed by atoms with van der Waals surface area (Å²) >= 11 is 3.40. The fourth-order valence-electron chi connectivity index (χ4n) is 2.75. The quantitative estimate of drug-likeness (QED) is 0.235. The monoisotopic (exact) mass is 372 g/mol. The van der Waals surface area contributed by atoms with Gasteiger partial charge in [-0.1, -0.05) is 12.1 Å². The second kappa shape index (κ2) is 7.33. The van der Waals surface area contributed by atoms with Gasteiger partial charge in [-0.3, -0.25) is 9.80 Å². The third-order valence-corrected chi connectivity index (χ3v) is 6.21. The lowest BCUT2D eigenvalue weighted by molar-refractivity contribution is 0.111. The van der Waals surface area contributed by atoms with E-state index in [4.69, 9.17) is 5.73 Å². The predicted octanol–water partition coefficient (Wildman–Crippen LogP) is 3.82. The van der Waals surface area contributed by atoms with Gasteiger partial charge in [-0.05, 0) is 30.0 Å². The van der Waals surface area contributed by atoms with E-state index in [1.807, 2.05) is 47.9 Å². The topological polar surface area (TPSA) is 63.6 Å². The second-order valence-corrected chi connectivity index (χ2v) is 7.92. The van der Waals surface area contributed by atoms with Crippen molar-refractivity contribution >= 4 is 51.5 Å². The van der Waals surface area contributed by atoms with E-state index < -0.39 is 0 Å². The summed E-state index contributed by atoms with van der Waals surface area (Å²) in [6, 6.07) is 9.87. The van der Waals surface area contributed by atoms with Crippen molar-refractivity contribution in [2.75, 3.05) is 19.0 Å². The molecule has 0 amide bonds. The van der Waals surface area contributed by atoms with Gasteiger partial charge in [-0.2, -0.15) is 5.10 Å². The van der Waals surface area contributed by atoms with Gasteiger partial charge in [-0.25, -0.2) is 0 Å². The number of nitrogen functional groups attached to an aromatic ring is 1. The van der Waals surface area contributed by atoms with Gasteiger partial charge in [0.25, 0.3) is 0 Å². The van der Waals surface area contributed by atoms with Crippen molar-refractivity contribution in [3.05, 3.63) is 47.2 Å². The molecule has 0 bridgehead atoms. The number of hydrogen-bond donors (Lipinski definition) is 1. The van der Waals surface area contributed by atoms with E-state index in [0.717, 1.165) is 33.3 Å². The van der Waals surface area contributed by atoms with Crippen LogP contribution < -0.4 is 5.73 Å². The average molecular weight is 373 g/mol. The van der Waals surface area contributed by atoms with E-state index in [0.29, 0.717) is 12.2 Å². The fourth-order valence-corrected chi connectivity index (χ4v) is 4.50. The number of fused-ring (bicyclic) bond motifs is 1. The molecule has 2 heterocycles. The molecule has 3 rings (SSSR count). The van der Waals surface area contributed by atoms with Gasteiger partial charge in [0.2, 0.25) is 0 Å². The number of nitrogens with zero attached hydrogens (tertiary/aromatic N) is 3. The van der Waals surface area contributed by atoms with Crippen LogP contribution in [0.5, 0.6) is 0 Å². The molecule has 7 heteroatoms. The molecule has 0 saturated carbocycles. The summed E-state index contributed by atoms with van der Waals surface area (Å²) < 4.78 is 4.24. The number of carbonyl (C=O) groups excluding carboxylic acids is 1. The van der Waals surface area contributed by atoms with Crippen LogP contribution in [0.3, 0.4) is 0 Å². The van der Waals surface area contributed by atoms with Crippen molar-refractivity contribution in [3.63, 3.8) is 0 Å². The number of thioether (sulfide) groups is 1. The summed E-state index contributed by atoms with van der Waals surface area (Å²) in [5.41, 5.74) is 10.2. The molecule has 0 aliphatic rings. The Morgan fingerprint density at radius 1 is 1.40 bits per heavy atom. The number of rotatable bonds is 6. The van der Waals surface area contributed by atoms with Crippen LogP contribution in [0, 0.1) is 0 Å². The van der Waals surface area contributed by atoms with E-state index >= 15 is 0 Å². The van der Waals surface area contributed by atoms with Gasteiger partial charge in [0.15, 0.2) is 6.29 Å². The normalized spacial score (nSPS) is 11.5. The first-order valence-electron chi connectivity index (χ1n) is 7.74. The maximum Gasteiger partial charge on any atom is 0.167 e. The highest BCUT2D eigenvalue weighted by atomic mass is 32.2. The van der Waals surface area contributed by atoms with Crippen LogP contribution in [0.25, 0.3) is 10.2 Å². The standard InChI is InChI=1S/C18H20N4OS2/c1-21(10-12-5-4-6-13(19)7-12)20-9-14-16(11-23)22(2)15-8-17(24-3)25-18(14)15/h4-9,11H,10,19H2,1-3H3/b20-9-. The van der Waals surface area contributed by atoms with Gasteiger partial charge in [0.1, 0.15) is 0 Å². The Morgan fingerprint density at radius 3 is 2.88 bits per heavy atom. The molecule has 0 fully saturated rings. The lowest BCUT2D eigenvalue weighted by Gasteiger charge is -2.13. The Kier molecular flexibility index (Phi) is 5.15. The number of thiophene rings is 1. The van der Waals surface area contributed by atoms with E-state index in [1.54, 1.807) is 29.3 Å². The summed E-state index contributed by atoms with van der Waals surface area (Å²) in [6.45, 7) is 0.647.